The lowest BCUT2D eigenvalue weighted by molar-refractivity contribution is -0.248. The summed E-state index contributed by atoms with van der Waals surface area (Å²) >= 11 is 1.40. The van der Waals surface area contributed by atoms with Gasteiger partial charge in [-0.15, -0.1) is 0 Å². The molecule has 0 spiro atoms. The van der Waals surface area contributed by atoms with Gasteiger partial charge in [-0.1, -0.05) is 99.7 Å². The topological polar surface area (TPSA) is 473 Å². The van der Waals surface area contributed by atoms with Gasteiger partial charge in [-0.05, 0) is 171 Å². The molecule has 5 atom stereocenters. The molecule has 7 aromatic rings. The first-order chi connectivity index (χ1) is 68.8. The quantitative estimate of drug-likeness (QED) is 0.0117. The number of hydrogen-bond acceptors (Lipinski definition) is 30. The Hall–Kier alpha value is -10.7. The number of nitrogens with two attached hydrogens (primary N) is 1. The number of imide groups is 1. The number of rotatable bonds is 65. The Morgan fingerprint density at radius 1 is 0.636 bits per heavy atom. The van der Waals surface area contributed by atoms with Gasteiger partial charge in [0.15, 0.2) is 22.4 Å². The smallest absolute Gasteiger partial charge is 0.410 e. The van der Waals surface area contributed by atoms with Crippen LogP contribution in [0.2, 0.25) is 0 Å². The van der Waals surface area contributed by atoms with Crippen molar-refractivity contribution in [3.8, 4) is 16.9 Å². The number of anilines is 2. The van der Waals surface area contributed by atoms with Crippen LogP contribution in [0.25, 0.3) is 21.3 Å². The second-order valence-electron chi connectivity index (χ2n) is 37.6. The summed E-state index contributed by atoms with van der Waals surface area (Å²) in [5, 5.41) is 24.5. The number of hydrogen-bond donors (Lipinski definition) is 6. The summed E-state index contributed by atoms with van der Waals surface area (Å²) in [6, 6.07) is 27.4. The molecule has 4 saturated carbocycles. The fourth-order valence-electron chi connectivity index (χ4n) is 20.2. The zero-order valence-electron chi connectivity index (χ0n) is 83.4. The summed E-state index contributed by atoms with van der Waals surface area (Å²) in [5.74, 6) is -5.44. The average Bonchev–Trinajstić information content (AvgIpc) is 0.881. The third kappa shape index (κ3) is 35.1. The van der Waals surface area contributed by atoms with Crippen LogP contribution in [-0.2, 0) is 135 Å². The van der Waals surface area contributed by atoms with E-state index in [9.17, 15) is 61.2 Å². The molecule has 40 heteroatoms. The SMILES string of the molecule is CCOCCOCCOCCOCCOCCOCCOCCOCCOCCOCCOC.CCOc1ccc(C[C@@H](C(=O)C[C@H](C(=O)N[C@@H](CCCNC(N)=O)C(=O)Cc2ccc(COC(=O)N(CCOC34CC5(C)CC(C)(CC(Cn6ncc(-c7ccc(N8CCc9cccc(C(=O)Nc%10nc%11ccccc%11s%10)c9C8)nc7C(=O)O)c6C)(C5)C3)C4)CCS(=O)(=O)O)cc2)C(C)C)N2C(=O)C=CC2=O)cc1. The number of carbonyl (C=O) groups is 9. The second kappa shape index (κ2) is 56.1. The number of methoxy groups -OCH3 is 1. The fourth-order valence-corrected chi connectivity index (χ4v) is 21.5. The number of aromatic nitrogens is 4. The molecule has 4 fully saturated rings. The average molecular weight is 2030 g/mol. The maximum atomic E-state index is 14.3. The first-order valence-corrected chi connectivity index (χ1v) is 51.5. The fraction of sp³-hybridized carbons (Fsp3) is 0.573. The van der Waals surface area contributed by atoms with E-state index in [0.717, 1.165) is 76.2 Å². The van der Waals surface area contributed by atoms with E-state index in [-0.39, 0.29) is 86.3 Å². The molecular formula is C103H141N11O27S2. The number of urea groups is 1. The van der Waals surface area contributed by atoms with Crippen LogP contribution in [-0.4, -0.2) is 310 Å². The number of primary amides is 1. The number of ketones is 2. The molecule has 5 heterocycles. The molecule has 38 nitrogen and oxygen atoms in total. The van der Waals surface area contributed by atoms with Gasteiger partial charge in [-0.25, -0.2) is 24.4 Å². The van der Waals surface area contributed by atoms with E-state index in [0.29, 0.717) is 228 Å². The van der Waals surface area contributed by atoms with Gasteiger partial charge in [-0.2, -0.15) is 13.5 Å². The van der Waals surface area contributed by atoms with Crippen molar-refractivity contribution in [2.45, 2.75) is 163 Å². The number of pyridine rings is 1. The van der Waals surface area contributed by atoms with E-state index in [4.69, 9.17) is 82.1 Å². The van der Waals surface area contributed by atoms with Crippen molar-refractivity contribution < 1.29 is 128 Å². The molecule has 7 N–H and O–H groups in total. The Morgan fingerprint density at radius 2 is 1.22 bits per heavy atom. The summed E-state index contributed by atoms with van der Waals surface area (Å²) in [6.45, 7) is 26.8. The van der Waals surface area contributed by atoms with Crippen LogP contribution in [0.5, 0.6) is 5.75 Å². The number of para-hydroxylation sites is 1. The number of nitrogens with one attached hydrogen (secondary N) is 3. The van der Waals surface area contributed by atoms with Crippen LogP contribution < -0.4 is 31.3 Å². The van der Waals surface area contributed by atoms with Gasteiger partial charge in [0, 0.05) is 113 Å². The number of carboxylic acids is 1. The van der Waals surface area contributed by atoms with Crippen LogP contribution in [0, 0.1) is 35.0 Å². The van der Waals surface area contributed by atoms with Crippen molar-refractivity contribution in [2.24, 2.45) is 33.8 Å². The first kappa shape index (κ1) is 113. The van der Waals surface area contributed by atoms with Gasteiger partial charge in [0.25, 0.3) is 27.8 Å². The van der Waals surface area contributed by atoms with Gasteiger partial charge in [0.1, 0.15) is 24.2 Å². The van der Waals surface area contributed by atoms with E-state index in [1.165, 1.54) is 16.2 Å². The van der Waals surface area contributed by atoms with Crippen LogP contribution in [0.15, 0.2) is 121 Å². The van der Waals surface area contributed by atoms with Crippen LogP contribution in [0.4, 0.5) is 20.5 Å². The van der Waals surface area contributed by atoms with Gasteiger partial charge < -0.3 is 97.6 Å². The van der Waals surface area contributed by atoms with E-state index < -0.39 is 99.3 Å². The minimum atomic E-state index is -4.52. The molecule has 782 valence electrons. The molecule has 2 unspecified atom stereocenters. The summed E-state index contributed by atoms with van der Waals surface area (Å²) in [5.41, 5.74) is 10.7. The number of thiazole rings is 1. The molecule has 6 aliphatic rings. The zero-order chi connectivity index (χ0) is 102. The predicted molar refractivity (Wildman–Crippen MR) is 533 cm³/mol. The van der Waals surface area contributed by atoms with Crippen molar-refractivity contribution in [1.29, 1.82) is 0 Å². The highest BCUT2D eigenvalue weighted by molar-refractivity contribution is 7.85. The predicted octanol–water partition coefficient (Wildman–Crippen LogP) is 11.1. The Morgan fingerprint density at radius 3 is 1.78 bits per heavy atom. The molecular weight excluding hydrogens is 1890 g/mol. The maximum Gasteiger partial charge on any atom is 0.410 e. The number of fused-ring (bicyclic) bond motifs is 2. The Kier molecular flexibility index (Phi) is 44.2. The van der Waals surface area contributed by atoms with Gasteiger partial charge in [0.05, 0.1) is 179 Å². The number of carbonyl (C=O) groups excluding carboxylic acids is 8. The van der Waals surface area contributed by atoms with Crippen molar-refractivity contribution in [3.63, 3.8) is 0 Å². The monoisotopic (exact) mass is 2030 g/mol. The lowest BCUT2D eigenvalue weighted by atomic mass is 9.39. The van der Waals surface area contributed by atoms with Crippen molar-refractivity contribution in [2.75, 3.05) is 201 Å². The molecule has 4 bridgehead atoms. The molecule has 7 amide bonds. The number of ether oxygens (including phenoxy) is 14. The number of amides is 7. The number of Topliss-reactive ketones (excluding diaryl/α,β-unsaturated/α-hetero) is 2. The molecule has 0 radical (unpaired) electrons. The van der Waals surface area contributed by atoms with Crippen LogP contribution in [0.3, 0.4) is 0 Å². The van der Waals surface area contributed by atoms with Crippen LogP contribution >= 0.6 is 11.3 Å². The molecule has 4 aliphatic carbocycles. The van der Waals surface area contributed by atoms with Gasteiger partial charge in [-0.3, -0.25) is 48.2 Å². The highest BCUT2D eigenvalue weighted by Gasteiger charge is 2.66. The third-order valence-electron chi connectivity index (χ3n) is 25.8. The molecule has 3 aromatic heterocycles. The first-order valence-electron chi connectivity index (χ1n) is 49.1. The summed E-state index contributed by atoms with van der Waals surface area (Å²) in [7, 11) is -2.88. The van der Waals surface area contributed by atoms with Crippen molar-refractivity contribution in [3.05, 3.63) is 166 Å². The van der Waals surface area contributed by atoms with E-state index in [2.05, 4.69) is 34.8 Å². The second-order valence-corrected chi connectivity index (χ2v) is 40.2. The highest BCUT2D eigenvalue weighted by atomic mass is 32.2. The summed E-state index contributed by atoms with van der Waals surface area (Å²) in [6.07, 6.45) is 8.38. The van der Waals surface area contributed by atoms with E-state index >= 15 is 0 Å². The van der Waals surface area contributed by atoms with E-state index in [1.807, 2.05) is 72.8 Å². The maximum absolute atomic E-state index is 14.3. The Bertz CT molecular complexity index is 5370. The van der Waals surface area contributed by atoms with Gasteiger partial charge in [0.2, 0.25) is 5.91 Å². The van der Waals surface area contributed by atoms with E-state index in [1.54, 1.807) is 87.8 Å². The number of nitrogens with zero attached hydrogens (tertiary/aromatic N) is 7. The summed E-state index contributed by atoms with van der Waals surface area (Å²) < 4.78 is 114. The Labute approximate surface area is 840 Å². The normalized spacial score (nSPS) is 18.5. The number of aromatic carboxylic acids is 1. The molecule has 4 aromatic carbocycles. The third-order valence-corrected chi connectivity index (χ3v) is 27.4. The zero-order valence-corrected chi connectivity index (χ0v) is 85.0. The number of carboxylic acid groups (broad SMARTS) is 1. The minimum Gasteiger partial charge on any atom is -0.494 e. The van der Waals surface area contributed by atoms with Crippen LogP contribution in [0.1, 0.15) is 154 Å². The standard InChI is InChI=1S/C80H93N11O16S2.C23H48O11/c1-7-105-55-23-21-51(22-24-55)36-63(91-68(94)27-28-69(91)95)65(93)38-58(49(2)3)72(97)84-61(15-11-30-82-74(81)100)64(92)37-52-17-19-53(20-18-52)41-106-76(101)88(33-35-109(102,103)104)32-34-107-80-45-77(5)42-78(6,46-80)44-79(43-77,47-80)48-90-50(4)59(39-83-90)56-25-26-67(86-70(56)73(98)99)89-31-29-54-12-10-13-57(60(54)40-89)71(96)87-75-85-62-14-8-9-16-66(62)108-75;1-3-25-6-7-27-10-11-29-14-15-31-18-19-33-22-23-34-21-20-32-17-16-30-13-12-28-9-8-26-5-4-24-2/h8-10,12-14,16-28,39,49,58,61,63H,7,11,15,29-38,40-48H2,1-6H3,(H,84,97)(H,98,99)(H3,81,82,100)(H,85,87,96)(H,102,103,104);3-23H2,1-2H3/t58-,61-,63-,77?,78?,79?,80?;/m0./s1. The molecule has 0 saturated heterocycles. The van der Waals surface area contributed by atoms with Gasteiger partial charge >= 0.3 is 18.1 Å². The lowest BCUT2D eigenvalue weighted by Gasteiger charge is -2.69. The largest absolute Gasteiger partial charge is 0.494 e. The Balaban J connectivity index is 0.000000489. The minimum absolute atomic E-state index is 0.0157. The molecule has 2 aliphatic heterocycles. The highest BCUT2D eigenvalue weighted by Crippen LogP contribution is 2.72. The molecule has 13 rings (SSSR count). The summed E-state index contributed by atoms with van der Waals surface area (Å²) in [4.78, 5) is 135. The van der Waals surface area contributed by atoms with Crippen molar-refractivity contribution >= 4 is 95.9 Å². The number of benzene rings is 4. The molecule has 143 heavy (non-hydrogen) atoms. The van der Waals surface area contributed by atoms with Crippen molar-refractivity contribution in [1.82, 2.24) is 40.2 Å². The lowest BCUT2D eigenvalue weighted by Crippen LogP contribution is -2.64.